The molecule has 0 saturated heterocycles. The van der Waals surface area contributed by atoms with Crippen molar-refractivity contribution in [3.8, 4) is 0 Å². The smallest absolute Gasteiger partial charge is 0.0330 e. The first-order valence-electron chi connectivity index (χ1n) is 5.24. The lowest BCUT2D eigenvalue weighted by atomic mass is 9.96. The normalized spacial score (nSPS) is 20.1. The van der Waals surface area contributed by atoms with Gasteiger partial charge in [-0.1, -0.05) is 25.7 Å². The molecule has 2 rings (SSSR count). The quantitative estimate of drug-likeness (QED) is 0.882. The van der Waals surface area contributed by atoms with Crippen LogP contribution >= 0.6 is 27.3 Å². The minimum atomic E-state index is 0.235. The summed E-state index contributed by atoms with van der Waals surface area (Å²) in [5, 5.41) is 4.29. The van der Waals surface area contributed by atoms with Gasteiger partial charge in [0.25, 0.3) is 0 Å². The minimum Gasteiger partial charge on any atom is -0.324 e. The highest BCUT2D eigenvalue weighted by Gasteiger charge is 2.20. The van der Waals surface area contributed by atoms with Crippen molar-refractivity contribution in [1.29, 1.82) is 0 Å². The van der Waals surface area contributed by atoms with Crippen molar-refractivity contribution < 1.29 is 0 Å². The molecular formula is C11H16BrNS. The monoisotopic (exact) mass is 273 g/mol. The van der Waals surface area contributed by atoms with Crippen LogP contribution in [0.2, 0.25) is 0 Å². The summed E-state index contributed by atoms with van der Waals surface area (Å²) >= 11 is 5.27. The van der Waals surface area contributed by atoms with Crippen molar-refractivity contribution in [2.24, 2.45) is 11.7 Å². The highest BCUT2D eigenvalue weighted by molar-refractivity contribution is 9.10. The topological polar surface area (TPSA) is 26.0 Å². The van der Waals surface area contributed by atoms with E-state index in [0.29, 0.717) is 0 Å². The Morgan fingerprint density at radius 3 is 2.71 bits per heavy atom. The van der Waals surface area contributed by atoms with Crippen LogP contribution in [0.4, 0.5) is 0 Å². The van der Waals surface area contributed by atoms with Gasteiger partial charge in [-0.2, -0.15) is 11.3 Å². The molecule has 78 valence electrons. The van der Waals surface area contributed by atoms with Crippen LogP contribution in [-0.2, 0) is 0 Å². The van der Waals surface area contributed by atoms with E-state index in [1.54, 1.807) is 11.3 Å². The van der Waals surface area contributed by atoms with Crippen LogP contribution in [0.3, 0.4) is 0 Å². The molecule has 2 N–H and O–H groups in total. The Hall–Kier alpha value is 0.140. The number of hydrogen-bond donors (Lipinski definition) is 1. The lowest BCUT2D eigenvalue weighted by Gasteiger charge is -2.15. The second-order valence-electron chi connectivity index (χ2n) is 4.17. The summed E-state index contributed by atoms with van der Waals surface area (Å²) in [6.07, 6.45) is 6.74. The van der Waals surface area contributed by atoms with Crippen LogP contribution in [0, 0.1) is 5.92 Å². The standard InChI is InChI=1S/C11H16BrNS/c12-10-7-14-6-9(10)11(13)5-8-3-1-2-4-8/h6-8,11H,1-5,13H2. The second-order valence-corrected chi connectivity index (χ2v) is 5.77. The molecule has 1 atom stereocenters. The van der Waals surface area contributed by atoms with Crippen molar-refractivity contribution in [3.63, 3.8) is 0 Å². The average Bonchev–Trinajstić information content (AvgIpc) is 2.75. The molecule has 0 bridgehead atoms. The van der Waals surface area contributed by atoms with E-state index in [0.717, 1.165) is 12.3 Å². The molecule has 1 aromatic rings. The highest BCUT2D eigenvalue weighted by atomic mass is 79.9. The summed E-state index contributed by atoms with van der Waals surface area (Å²) in [6, 6.07) is 0.235. The zero-order valence-corrected chi connectivity index (χ0v) is 10.6. The lowest BCUT2D eigenvalue weighted by Crippen LogP contribution is -2.13. The van der Waals surface area contributed by atoms with E-state index in [1.807, 2.05) is 0 Å². The molecule has 14 heavy (non-hydrogen) atoms. The summed E-state index contributed by atoms with van der Waals surface area (Å²) in [5.41, 5.74) is 7.49. The van der Waals surface area contributed by atoms with E-state index in [4.69, 9.17) is 5.73 Å². The molecule has 1 nitrogen and oxygen atoms in total. The van der Waals surface area contributed by atoms with Gasteiger partial charge >= 0.3 is 0 Å². The van der Waals surface area contributed by atoms with E-state index in [2.05, 4.69) is 26.7 Å². The van der Waals surface area contributed by atoms with Crippen molar-refractivity contribution in [2.45, 2.75) is 38.1 Å². The maximum absolute atomic E-state index is 6.20. The summed E-state index contributed by atoms with van der Waals surface area (Å²) in [6.45, 7) is 0. The molecule has 3 heteroatoms. The Kier molecular flexibility index (Phi) is 3.63. The average molecular weight is 274 g/mol. The first-order chi connectivity index (χ1) is 6.77. The van der Waals surface area contributed by atoms with Gasteiger partial charge in [0.1, 0.15) is 0 Å². The summed E-state index contributed by atoms with van der Waals surface area (Å²) in [5.74, 6) is 0.872. The summed E-state index contributed by atoms with van der Waals surface area (Å²) in [4.78, 5) is 0. The molecule has 1 fully saturated rings. The molecule has 0 radical (unpaired) electrons. The largest absolute Gasteiger partial charge is 0.324 e. The van der Waals surface area contributed by atoms with Crippen molar-refractivity contribution in [1.82, 2.24) is 0 Å². The van der Waals surface area contributed by atoms with Gasteiger partial charge in [-0.05, 0) is 39.2 Å². The van der Waals surface area contributed by atoms with E-state index in [1.165, 1.54) is 35.7 Å². The number of hydrogen-bond acceptors (Lipinski definition) is 2. The van der Waals surface area contributed by atoms with Gasteiger partial charge in [0.2, 0.25) is 0 Å². The predicted molar refractivity (Wildman–Crippen MR) is 65.5 cm³/mol. The number of nitrogens with two attached hydrogens (primary N) is 1. The molecule has 0 spiro atoms. The Bertz CT molecular complexity index is 291. The molecule has 0 aromatic carbocycles. The molecule has 0 amide bonds. The van der Waals surface area contributed by atoms with E-state index >= 15 is 0 Å². The lowest BCUT2D eigenvalue weighted by molar-refractivity contribution is 0.450. The van der Waals surface area contributed by atoms with Crippen molar-refractivity contribution in [2.75, 3.05) is 0 Å². The molecule has 1 aliphatic rings. The third kappa shape index (κ3) is 2.38. The van der Waals surface area contributed by atoms with Gasteiger partial charge in [-0.25, -0.2) is 0 Å². The third-order valence-corrected chi connectivity index (χ3v) is 4.86. The maximum atomic E-state index is 6.20. The highest BCUT2D eigenvalue weighted by Crippen LogP contribution is 2.35. The first kappa shape index (κ1) is 10.7. The molecular weight excluding hydrogens is 258 g/mol. The summed E-state index contributed by atoms with van der Waals surface area (Å²) in [7, 11) is 0. The van der Waals surface area contributed by atoms with Gasteiger partial charge in [0, 0.05) is 15.9 Å². The number of thiophene rings is 1. The van der Waals surface area contributed by atoms with Crippen LogP contribution in [0.15, 0.2) is 15.2 Å². The SMILES string of the molecule is NC(CC1CCCC1)c1cscc1Br. The van der Waals surface area contributed by atoms with Crippen LogP contribution in [0.25, 0.3) is 0 Å². The van der Waals surface area contributed by atoms with Crippen LogP contribution in [0.1, 0.15) is 43.7 Å². The minimum absolute atomic E-state index is 0.235. The van der Waals surface area contributed by atoms with Crippen LogP contribution < -0.4 is 5.73 Å². The van der Waals surface area contributed by atoms with Crippen molar-refractivity contribution in [3.05, 3.63) is 20.8 Å². The van der Waals surface area contributed by atoms with Gasteiger partial charge in [0.15, 0.2) is 0 Å². The van der Waals surface area contributed by atoms with E-state index in [-0.39, 0.29) is 6.04 Å². The fourth-order valence-corrected chi connectivity index (χ4v) is 3.94. The molecule has 0 aliphatic heterocycles. The Morgan fingerprint density at radius 1 is 1.43 bits per heavy atom. The molecule has 1 heterocycles. The second kappa shape index (κ2) is 4.77. The fourth-order valence-electron chi connectivity index (χ4n) is 2.29. The Morgan fingerprint density at radius 2 is 2.14 bits per heavy atom. The molecule has 1 aliphatic carbocycles. The van der Waals surface area contributed by atoms with Gasteiger partial charge in [-0.15, -0.1) is 0 Å². The zero-order chi connectivity index (χ0) is 9.97. The Labute approximate surface area is 97.8 Å². The van der Waals surface area contributed by atoms with E-state index < -0.39 is 0 Å². The number of rotatable bonds is 3. The Balaban J connectivity index is 1.95. The van der Waals surface area contributed by atoms with E-state index in [9.17, 15) is 0 Å². The summed E-state index contributed by atoms with van der Waals surface area (Å²) < 4.78 is 1.19. The third-order valence-electron chi connectivity index (χ3n) is 3.10. The number of halogens is 1. The van der Waals surface area contributed by atoms with Gasteiger partial charge in [0.05, 0.1) is 0 Å². The predicted octanol–water partition coefficient (Wildman–Crippen LogP) is 4.09. The molecule has 1 unspecified atom stereocenters. The van der Waals surface area contributed by atoms with Gasteiger partial charge < -0.3 is 5.73 Å². The van der Waals surface area contributed by atoms with Crippen molar-refractivity contribution >= 4 is 27.3 Å². The molecule has 1 saturated carbocycles. The van der Waals surface area contributed by atoms with Crippen LogP contribution in [-0.4, -0.2) is 0 Å². The van der Waals surface area contributed by atoms with Gasteiger partial charge in [-0.3, -0.25) is 0 Å². The maximum Gasteiger partial charge on any atom is 0.0330 e. The van der Waals surface area contributed by atoms with Crippen LogP contribution in [0.5, 0.6) is 0 Å². The first-order valence-corrected chi connectivity index (χ1v) is 6.98. The zero-order valence-electron chi connectivity index (χ0n) is 8.21. The fraction of sp³-hybridized carbons (Fsp3) is 0.636. The molecule has 1 aromatic heterocycles.